The fourth-order valence-corrected chi connectivity index (χ4v) is 2.11. The Morgan fingerprint density at radius 3 is 2.71 bits per heavy atom. The van der Waals surface area contributed by atoms with E-state index in [4.69, 9.17) is 17.7 Å². The van der Waals surface area contributed by atoms with E-state index in [0.717, 1.165) is 19.3 Å². The van der Waals surface area contributed by atoms with Crippen molar-refractivity contribution < 1.29 is 33.6 Å². The van der Waals surface area contributed by atoms with Crippen LogP contribution in [0.3, 0.4) is 0 Å². The molecule has 0 fully saturated rings. The second-order valence-corrected chi connectivity index (χ2v) is 4.54. The first kappa shape index (κ1) is 13.9. The highest BCUT2D eigenvalue weighted by molar-refractivity contribution is 6.31. The molecule has 1 aliphatic heterocycles. The summed E-state index contributed by atoms with van der Waals surface area (Å²) in [5.41, 5.74) is -1.20. The predicted molar refractivity (Wildman–Crippen MR) is 67.3 cm³/mol. The smallest absolute Gasteiger partial charge is 0.430 e. The van der Waals surface area contributed by atoms with Crippen LogP contribution in [0.25, 0.3) is 6.08 Å². The summed E-state index contributed by atoms with van der Waals surface area (Å²) >= 11 is 5.75. The largest absolute Gasteiger partial charge is 0.474 e. The lowest BCUT2D eigenvalue weighted by Crippen LogP contribution is -2.40. The molecule has 1 aromatic rings. The molecule has 0 unspecified atom stereocenters. The van der Waals surface area contributed by atoms with Gasteiger partial charge in [0.15, 0.2) is 6.26 Å². The van der Waals surface area contributed by atoms with Crippen molar-refractivity contribution in [3.05, 3.63) is 33.9 Å². The molecule has 0 saturated heterocycles. The molecule has 0 saturated carbocycles. The molecule has 0 N–H and O–H groups in total. The monoisotopic (exact) mass is 321 g/mol. The molecule has 0 aromatic heterocycles. The number of carbonyl (C=O) groups excluding carboxylic acids is 2. The van der Waals surface area contributed by atoms with Crippen molar-refractivity contribution in [1.82, 2.24) is 0 Å². The van der Waals surface area contributed by atoms with Gasteiger partial charge in [0.05, 0.1) is 18.2 Å². The molecule has 0 radical (unpaired) electrons. The lowest BCUT2D eigenvalue weighted by molar-refractivity contribution is -0.187. The summed E-state index contributed by atoms with van der Waals surface area (Å²) in [4.78, 5) is 22.8. The van der Waals surface area contributed by atoms with Crippen LogP contribution in [0.5, 0.6) is 5.75 Å². The van der Waals surface area contributed by atoms with E-state index < -0.39 is 41.4 Å². The van der Waals surface area contributed by atoms with Crippen molar-refractivity contribution in [1.29, 1.82) is 0 Å². The van der Waals surface area contributed by atoms with Gasteiger partial charge in [0.25, 0.3) is 0 Å². The minimum Gasteiger partial charge on any atom is -0.474 e. The third-order valence-corrected chi connectivity index (χ3v) is 2.96. The number of benzene rings is 1. The zero-order valence-electron chi connectivity index (χ0n) is 11.5. The van der Waals surface area contributed by atoms with Gasteiger partial charge in [0.1, 0.15) is 7.12 Å². The van der Waals surface area contributed by atoms with Gasteiger partial charge in [-0.05, 0) is 18.2 Å². The maximum atomic E-state index is 13.1. The molecule has 21 heavy (non-hydrogen) atoms. The molecule has 0 aliphatic carbocycles. The zero-order chi connectivity index (χ0) is 16.7. The van der Waals surface area contributed by atoms with Crippen LogP contribution in [-0.4, -0.2) is 31.6 Å². The van der Waals surface area contributed by atoms with Crippen LogP contribution < -0.4 is 4.74 Å². The first-order valence-electron chi connectivity index (χ1n) is 6.03. The fraction of sp³-hybridized carbons (Fsp3) is 0.231. The molecular weight excluding hydrogens is 313 g/mol. The second kappa shape index (κ2) is 5.40. The van der Waals surface area contributed by atoms with Gasteiger partial charge >= 0.3 is 12.1 Å². The van der Waals surface area contributed by atoms with Gasteiger partial charge in [0, 0.05) is 10.6 Å². The number of hydrogen-bond donors (Lipinski definition) is 0. The Kier molecular flexibility index (Phi) is 3.59. The standard InChI is InChI=1S/C13H8ClF3O4/c1-20-12(19)9-4-6-2-8(14)3-7(5-18)10(6)21-11(9)13(15,16)17/h2-5,11H,1H3/t11-/m0/s1/i5D. The minimum atomic E-state index is -4.90. The van der Waals surface area contributed by atoms with Crippen molar-refractivity contribution in [2.24, 2.45) is 0 Å². The Hall–Kier alpha value is -2.02. The van der Waals surface area contributed by atoms with Gasteiger partial charge < -0.3 is 9.47 Å². The zero-order valence-corrected chi connectivity index (χ0v) is 11.2. The van der Waals surface area contributed by atoms with Gasteiger partial charge in [-0.3, -0.25) is 4.79 Å². The topological polar surface area (TPSA) is 52.6 Å². The molecule has 2 rings (SSSR count). The molecule has 1 atom stereocenters. The van der Waals surface area contributed by atoms with Crippen LogP contribution in [-0.2, 0) is 9.53 Å². The van der Waals surface area contributed by atoms with E-state index >= 15 is 0 Å². The summed E-state index contributed by atoms with van der Waals surface area (Å²) in [5, 5.41) is 0.0175. The van der Waals surface area contributed by atoms with Gasteiger partial charge in [0.2, 0.25) is 6.10 Å². The van der Waals surface area contributed by atoms with Gasteiger partial charge in [-0.2, -0.15) is 13.2 Å². The van der Waals surface area contributed by atoms with Crippen LogP contribution in [0.2, 0.25) is 5.02 Å². The molecule has 1 aromatic carbocycles. The van der Waals surface area contributed by atoms with Crippen LogP contribution >= 0.6 is 11.6 Å². The lowest BCUT2D eigenvalue weighted by Gasteiger charge is -2.28. The van der Waals surface area contributed by atoms with Crippen molar-refractivity contribution in [3.8, 4) is 5.75 Å². The van der Waals surface area contributed by atoms with E-state index in [1.165, 1.54) is 6.07 Å². The normalized spacial score (nSPS) is 18.0. The lowest BCUT2D eigenvalue weighted by atomic mass is 9.99. The van der Waals surface area contributed by atoms with Crippen molar-refractivity contribution in [3.63, 3.8) is 0 Å². The number of halogens is 4. The van der Waals surface area contributed by atoms with E-state index in [2.05, 4.69) is 4.74 Å². The summed E-state index contributed by atoms with van der Waals surface area (Å²) in [6.07, 6.45) is -7.86. The van der Waals surface area contributed by atoms with E-state index in [-0.39, 0.29) is 10.6 Å². The van der Waals surface area contributed by atoms with Crippen molar-refractivity contribution in [2.45, 2.75) is 12.3 Å². The van der Waals surface area contributed by atoms with E-state index in [1.807, 2.05) is 0 Å². The number of methoxy groups -OCH3 is 1. The molecule has 0 amide bonds. The molecule has 4 nitrogen and oxygen atoms in total. The number of esters is 1. The van der Waals surface area contributed by atoms with E-state index in [9.17, 15) is 22.8 Å². The minimum absolute atomic E-state index is 0.0102. The van der Waals surface area contributed by atoms with Crippen molar-refractivity contribution in [2.75, 3.05) is 7.11 Å². The molecule has 0 bridgehead atoms. The summed E-state index contributed by atoms with van der Waals surface area (Å²) < 4.78 is 55.4. The van der Waals surface area contributed by atoms with Gasteiger partial charge in [-0.25, -0.2) is 4.79 Å². The number of alkyl halides is 3. The maximum absolute atomic E-state index is 13.1. The summed E-state index contributed by atoms with van der Waals surface area (Å²) in [6.45, 7) is 0. The van der Waals surface area contributed by atoms with Crippen LogP contribution in [0.1, 0.15) is 17.3 Å². The highest BCUT2D eigenvalue weighted by Crippen LogP contribution is 2.40. The number of aldehydes is 1. The Morgan fingerprint density at radius 2 is 2.19 bits per heavy atom. The van der Waals surface area contributed by atoms with Crippen LogP contribution in [0.15, 0.2) is 17.7 Å². The van der Waals surface area contributed by atoms with Crippen LogP contribution in [0.4, 0.5) is 13.2 Å². The Bertz CT molecular complexity index is 685. The average molecular weight is 322 g/mol. The Balaban J connectivity index is 2.68. The predicted octanol–water partition coefficient (Wildman–Crippen LogP) is 3.03. The second-order valence-electron chi connectivity index (χ2n) is 4.10. The van der Waals surface area contributed by atoms with E-state index in [1.54, 1.807) is 0 Å². The quantitative estimate of drug-likeness (QED) is 0.620. The number of ether oxygens (including phenoxy) is 2. The molecule has 0 spiro atoms. The average Bonchev–Trinajstić information content (AvgIpc) is 2.42. The summed E-state index contributed by atoms with van der Waals surface area (Å²) in [6, 6.07) is 2.25. The van der Waals surface area contributed by atoms with Gasteiger partial charge in [-0.1, -0.05) is 11.6 Å². The molecule has 1 heterocycles. The molecule has 112 valence electrons. The Morgan fingerprint density at radius 1 is 1.52 bits per heavy atom. The fourth-order valence-electron chi connectivity index (χ4n) is 1.88. The van der Waals surface area contributed by atoms with Crippen LogP contribution in [0, 0.1) is 0 Å². The Labute approximate surface area is 123 Å². The number of hydrogen-bond acceptors (Lipinski definition) is 4. The first-order chi connectivity index (χ1) is 10.1. The first-order valence-corrected chi connectivity index (χ1v) is 5.90. The SMILES string of the molecule is [2H]C(=O)c1cc(Cl)cc2c1O[C@H](C(F)(F)F)C(C(=O)OC)=C2. The third-order valence-electron chi connectivity index (χ3n) is 2.74. The van der Waals surface area contributed by atoms with Crippen molar-refractivity contribution >= 4 is 29.9 Å². The summed E-state index contributed by atoms with van der Waals surface area (Å²) in [7, 11) is 0.933. The maximum Gasteiger partial charge on any atom is 0.430 e. The highest BCUT2D eigenvalue weighted by atomic mass is 35.5. The molecule has 1 aliphatic rings. The number of rotatable bonds is 2. The summed E-state index contributed by atoms with van der Waals surface area (Å²) in [5.74, 6) is -1.66. The third kappa shape index (κ3) is 2.87. The number of fused-ring (bicyclic) bond motifs is 1. The van der Waals surface area contributed by atoms with Gasteiger partial charge in [-0.15, -0.1) is 0 Å². The highest BCUT2D eigenvalue weighted by Gasteiger charge is 2.49. The van der Waals surface area contributed by atoms with E-state index in [0.29, 0.717) is 0 Å². The molecular formula is C13H8ClF3O4. The molecule has 8 heteroatoms. The number of carbonyl (C=O) groups is 2.